The molecular formula is C32H32O6. The zero-order chi connectivity index (χ0) is 26.9. The summed E-state index contributed by atoms with van der Waals surface area (Å²) in [7, 11) is 1.38. The van der Waals surface area contributed by atoms with E-state index in [1.54, 1.807) is 18.2 Å². The number of methoxy groups -OCH3 is 1. The number of hydrogen-bond acceptors (Lipinski definition) is 5. The summed E-state index contributed by atoms with van der Waals surface area (Å²) >= 11 is 0. The largest absolute Gasteiger partial charge is 0.498 e. The van der Waals surface area contributed by atoms with Gasteiger partial charge in [0.25, 0.3) is 0 Å². The van der Waals surface area contributed by atoms with E-state index < -0.39 is 12.1 Å². The number of carbonyl (C=O) groups is 1. The molecule has 4 rings (SSSR count). The van der Waals surface area contributed by atoms with E-state index in [-0.39, 0.29) is 6.42 Å². The molecule has 6 heteroatoms. The molecule has 38 heavy (non-hydrogen) atoms. The molecule has 1 aromatic heterocycles. The van der Waals surface area contributed by atoms with Gasteiger partial charge in [0.2, 0.25) is 0 Å². The second kappa shape index (κ2) is 12.8. The Kier molecular flexibility index (Phi) is 9.01. The maximum absolute atomic E-state index is 11.1. The highest BCUT2D eigenvalue weighted by Gasteiger charge is 2.16. The number of ether oxygens (including phenoxy) is 3. The van der Waals surface area contributed by atoms with E-state index in [9.17, 15) is 4.79 Å². The molecule has 0 fully saturated rings. The number of carboxylic acids is 1. The summed E-state index contributed by atoms with van der Waals surface area (Å²) in [4.78, 5) is 11.1. The number of hydrogen-bond donors (Lipinski definition) is 1. The number of furan rings is 1. The molecule has 0 saturated heterocycles. The second-order valence-corrected chi connectivity index (χ2v) is 8.85. The summed E-state index contributed by atoms with van der Waals surface area (Å²) in [5, 5.41) is 11.4. The van der Waals surface area contributed by atoms with Gasteiger partial charge in [-0.2, -0.15) is 0 Å². The maximum atomic E-state index is 11.1. The lowest BCUT2D eigenvalue weighted by molar-refractivity contribution is -0.148. The molecule has 1 atom stereocenters. The predicted octanol–water partition coefficient (Wildman–Crippen LogP) is 7.54. The van der Waals surface area contributed by atoms with Crippen LogP contribution in [-0.4, -0.2) is 37.5 Å². The molecule has 1 N–H and O–H groups in total. The molecule has 0 aliphatic heterocycles. The zero-order valence-electron chi connectivity index (χ0n) is 21.7. The van der Waals surface area contributed by atoms with Crippen LogP contribution >= 0.6 is 0 Å². The van der Waals surface area contributed by atoms with E-state index in [1.807, 2.05) is 49.4 Å². The maximum Gasteiger partial charge on any atom is 0.333 e. The van der Waals surface area contributed by atoms with Gasteiger partial charge in [0, 0.05) is 36.3 Å². The Labute approximate surface area is 222 Å². The van der Waals surface area contributed by atoms with Gasteiger partial charge in [-0.05, 0) is 42.3 Å². The van der Waals surface area contributed by atoms with Crippen LogP contribution in [0.4, 0.5) is 0 Å². The number of allylic oxidation sites excluding steroid dienone is 4. The first-order valence-corrected chi connectivity index (χ1v) is 12.5. The van der Waals surface area contributed by atoms with Gasteiger partial charge < -0.3 is 23.7 Å². The third-order valence-corrected chi connectivity index (χ3v) is 6.23. The van der Waals surface area contributed by atoms with E-state index in [2.05, 4.69) is 30.8 Å². The molecule has 6 nitrogen and oxygen atoms in total. The molecule has 1 unspecified atom stereocenters. The van der Waals surface area contributed by atoms with E-state index >= 15 is 0 Å². The SMILES string of the molecule is C=C/C(=C\C=C(/C)OCCCOc1ccc(-c2cccc3c2oc2ccccc23)cc1)CC(OC)C(=O)O. The summed E-state index contributed by atoms with van der Waals surface area (Å²) in [5.74, 6) is 0.510. The highest BCUT2D eigenvalue weighted by atomic mass is 16.5. The van der Waals surface area contributed by atoms with E-state index in [4.69, 9.17) is 23.7 Å². The molecule has 0 spiro atoms. The van der Waals surface area contributed by atoms with Crippen LogP contribution in [0.15, 0.2) is 107 Å². The van der Waals surface area contributed by atoms with Crippen molar-refractivity contribution in [1.82, 2.24) is 0 Å². The van der Waals surface area contributed by atoms with Gasteiger partial charge in [-0.25, -0.2) is 4.79 Å². The third kappa shape index (κ3) is 6.52. The average Bonchev–Trinajstić information content (AvgIpc) is 3.32. The normalized spacial score (nSPS) is 13.0. The van der Waals surface area contributed by atoms with Gasteiger partial charge in [0.15, 0.2) is 6.10 Å². The standard InChI is InChI=1S/C32H32O6/c1-4-23(21-30(35-3)32(33)34)14-13-22(2)36-19-8-20-37-25-17-15-24(16-18-25)26-10-7-11-28-27-9-5-6-12-29(27)38-31(26)28/h4-7,9-18,30H,1,8,19-21H2,2-3H3,(H,33,34)/b22-13+,23-14+. The number of carboxylic acid groups (broad SMARTS) is 1. The van der Waals surface area contributed by atoms with Crippen LogP contribution in [0.25, 0.3) is 33.1 Å². The number of para-hydroxylation sites is 2. The van der Waals surface area contributed by atoms with Crippen molar-refractivity contribution in [1.29, 1.82) is 0 Å². The van der Waals surface area contributed by atoms with Crippen LogP contribution < -0.4 is 4.74 Å². The number of rotatable bonds is 13. The number of fused-ring (bicyclic) bond motifs is 3. The van der Waals surface area contributed by atoms with Crippen molar-refractivity contribution in [3.63, 3.8) is 0 Å². The van der Waals surface area contributed by atoms with Gasteiger partial charge in [0.1, 0.15) is 16.9 Å². The van der Waals surface area contributed by atoms with Crippen molar-refractivity contribution in [2.75, 3.05) is 20.3 Å². The number of aliphatic carboxylic acids is 1. The molecular weight excluding hydrogens is 480 g/mol. The third-order valence-electron chi connectivity index (χ3n) is 6.23. The van der Waals surface area contributed by atoms with Crippen LogP contribution in [-0.2, 0) is 14.3 Å². The quantitative estimate of drug-likeness (QED) is 0.113. The Morgan fingerprint density at radius 3 is 2.50 bits per heavy atom. The molecule has 0 aliphatic rings. The second-order valence-electron chi connectivity index (χ2n) is 8.85. The predicted molar refractivity (Wildman–Crippen MR) is 150 cm³/mol. The summed E-state index contributed by atoms with van der Waals surface area (Å²) in [6.45, 7) is 6.61. The summed E-state index contributed by atoms with van der Waals surface area (Å²) in [5.41, 5.74) is 4.65. The van der Waals surface area contributed by atoms with Crippen LogP contribution in [0.2, 0.25) is 0 Å². The minimum Gasteiger partial charge on any atom is -0.498 e. The Balaban J connectivity index is 1.27. The van der Waals surface area contributed by atoms with Gasteiger partial charge in [0.05, 0.1) is 19.0 Å². The van der Waals surface area contributed by atoms with Crippen molar-refractivity contribution in [3.05, 3.63) is 103 Å². The first kappa shape index (κ1) is 26.8. The van der Waals surface area contributed by atoms with E-state index in [0.717, 1.165) is 50.1 Å². The lowest BCUT2D eigenvalue weighted by Gasteiger charge is -2.11. The molecule has 196 valence electrons. The van der Waals surface area contributed by atoms with Crippen molar-refractivity contribution in [2.24, 2.45) is 0 Å². The lowest BCUT2D eigenvalue weighted by atomic mass is 10.0. The average molecular weight is 513 g/mol. The highest BCUT2D eigenvalue weighted by Crippen LogP contribution is 2.36. The Morgan fingerprint density at radius 2 is 1.76 bits per heavy atom. The Morgan fingerprint density at radius 1 is 1.00 bits per heavy atom. The van der Waals surface area contributed by atoms with Gasteiger partial charge in [-0.1, -0.05) is 67.3 Å². The van der Waals surface area contributed by atoms with Crippen LogP contribution in [0.1, 0.15) is 19.8 Å². The van der Waals surface area contributed by atoms with Crippen molar-refractivity contribution >= 4 is 27.9 Å². The number of benzene rings is 3. The van der Waals surface area contributed by atoms with Crippen LogP contribution in [0.3, 0.4) is 0 Å². The van der Waals surface area contributed by atoms with E-state index in [1.165, 1.54) is 7.11 Å². The fourth-order valence-corrected chi connectivity index (χ4v) is 4.16. The van der Waals surface area contributed by atoms with Crippen molar-refractivity contribution in [3.8, 4) is 16.9 Å². The lowest BCUT2D eigenvalue weighted by Crippen LogP contribution is -2.22. The summed E-state index contributed by atoms with van der Waals surface area (Å²) in [6, 6.07) is 22.3. The minimum atomic E-state index is -1.00. The highest BCUT2D eigenvalue weighted by molar-refractivity contribution is 6.09. The molecule has 1 heterocycles. The summed E-state index contributed by atoms with van der Waals surface area (Å²) < 4.78 is 22.8. The smallest absolute Gasteiger partial charge is 0.333 e. The molecule has 3 aromatic carbocycles. The van der Waals surface area contributed by atoms with Gasteiger partial charge in [-0.3, -0.25) is 0 Å². The fourth-order valence-electron chi connectivity index (χ4n) is 4.16. The molecule has 0 aliphatic carbocycles. The topological polar surface area (TPSA) is 78.1 Å². The molecule has 0 saturated carbocycles. The molecule has 4 aromatic rings. The molecule has 0 radical (unpaired) electrons. The van der Waals surface area contributed by atoms with E-state index in [0.29, 0.717) is 19.6 Å². The molecule has 0 bridgehead atoms. The minimum absolute atomic E-state index is 0.235. The first-order valence-electron chi connectivity index (χ1n) is 12.5. The zero-order valence-corrected chi connectivity index (χ0v) is 21.7. The van der Waals surface area contributed by atoms with Crippen LogP contribution in [0.5, 0.6) is 5.75 Å². The van der Waals surface area contributed by atoms with Crippen molar-refractivity contribution < 1.29 is 28.5 Å². The fraction of sp³-hybridized carbons (Fsp3) is 0.219. The Bertz CT molecular complexity index is 1460. The van der Waals surface area contributed by atoms with Crippen LogP contribution in [0, 0.1) is 0 Å². The molecule has 0 amide bonds. The van der Waals surface area contributed by atoms with Crippen molar-refractivity contribution in [2.45, 2.75) is 25.9 Å². The monoisotopic (exact) mass is 512 g/mol. The Hall–Kier alpha value is -4.29. The van der Waals surface area contributed by atoms with Gasteiger partial charge in [-0.15, -0.1) is 0 Å². The first-order chi connectivity index (χ1) is 18.5. The summed E-state index contributed by atoms with van der Waals surface area (Å²) in [6.07, 6.45) is 5.26. The van der Waals surface area contributed by atoms with Gasteiger partial charge >= 0.3 is 5.97 Å².